The highest BCUT2D eigenvalue weighted by molar-refractivity contribution is 6.32. The topological polar surface area (TPSA) is 42.2 Å². The third-order valence-electron chi connectivity index (χ3n) is 2.06. The average molecular weight is 224 g/mol. The van der Waals surface area contributed by atoms with E-state index in [1.807, 2.05) is 13.8 Å². The third kappa shape index (κ3) is 1.86. The molecule has 1 heterocycles. The van der Waals surface area contributed by atoms with Gasteiger partial charge in [-0.2, -0.15) is 5.26 Å². The summed E-state index contributed by atoms with van der Waals surface area (Å²) in [5, 5.41) is 9.09. The minimum atomic E-state index is -0.683. The monoisotopic (exact) mass is 223 g/mol. The van der Waals surface area contributed by atoms with E-state index in [4.69, 9.17) is 26.3 Å². The molecule has 0 unspecified atom stereocenters. The highest BCUT2D eigenvalue weighted by Crippen LogP contribution is 2.44. The smallest absolute Gasteiger partial charge is 0.246 e. The molecule has 0 aromatic heterocycles. The maximum Gasteiger partial charge on any atom is 0.246 e. The first-order chi connectivity index (χ1) is 7.02. The fourth-order valence-electron chi connectivity index (χ4n) is 1.52. The molecule has 0 saturated carbocycles. The second-order valence-corrected chi connectivity index (χ2v) is 4.25. The SMILES string of the molecule is CC1(C)Oc2cc(CC#N)cc(Cl)c2O1. The molecule has 2 rings (SSSR count). The number of nitriles is 1. The van der Waals surface area contributed by atoms with E-state index in [1.54, 1.807) is 12.1 Å². The largest absolute Gasteiger partial charge is 0.449 e. The van der Waals surface area contributed by atoms with E-state index in [0.717, 1.165) is 5.56 Å². The van der Waals surface area contributed by atoms with E-state index in [-0.39, 0.29) is 0 Å². The summed E-state index contributed by atoms with van der Waals surface area (Å²) in [7, 11) is 0. The van der Waals surface area contributed by atoms with Gasteiger partial charge in [0, 0.05) is 13.8 Å². The molecule has 15 heavy (non-hydrogen) atoms. The number of ether oxygens (including phenoxy) is 2. The third-order valence-corrected chi connectivity index (χ3v) is 2.34. The lowest BCUT2D eigenvalue weighted by Crippen LogP contribution is -2.29. The fourth-order valence-corrected chi connectivity index (χ4v) is 1.79. The predicted octanol–water partition coefficient (Wildman–Crippen LogP) is 2.91. The van der Waals surface area contributed by atoms with E-state index >= 15 is 0 Å². The van der Waals surface area contributed by atoms with Crippen molar-refractivity contribution in [1.82, 2.24) is 0 Å². The Labute approximate surface area is 93.2 Å². The summed E-state index contributed by atoms with van der Waals surface area (Å²) >= 11 is 6.02. The summed E-state index contributed by atoms with van der Waals surface area (Å²) in [5.74, 6) is 0.484. The molecule has 4 heteroatoms. The first-order valence-corrected chi connectivity index (χ1v) is 4.97. The van der Waals surface area contributed by atoms with Gasteiger partial charge >= 0.3 is 0 Å². The van der Waals surface area contributed by atoms with Gasteiger partial charge in [0.05, 0.1) is 17.5 Å². The molecule has 78 valence electrons. The number of halogens is 1. The Bertz CT molecular complexity index is 449. The van der Waals surface area contributed by atoms with E-state index in [1.165, 1.54) is 0 Å². The summed E-state index contributed by atoms with van der Waals surface area (Å²) < 4.78 is 11.1. The number of fused-ring (bicyclic) bond motifs is 1. The van der Waals surface area contributed by atoms with E-state index in [9.17, 15) is 0 Å². The molecule has 3 nitrogen and oxygen atoms in total. The van der Waals surface area contributed by atoms with Crippen LogP contribution in [0.4, 0.5) is 0 Å². The molecule has 0 N–H and O–H groups in total. The Hall–Kier alpha value is -1.40. The molecule has 1 aliphatic rings. The molecule has 0 bridgehead atoms. The van der Waals surface area contributed by atoms with Gasteiger partial charge in [-0.15, -0.1) is 0 Å². The van der Waals surface area contributed by atoms with Crippen LogP contribution >= 0.6 is 11.6 Å². The number of rotatable bonds is 1. The van der Waals surface area contributed by atoms with Gasteiger partial charge in [-0.1, -0.05) is 11.6 Å². The van der Waals surface area contributed by atoms with Crippen molar-refractivity contribution in [3.8, 4) is 17.6 Å². The van der Waals surface area contributed by atoms with Gasteiger partial charge in [0.1, 0.15) is 0 Å². The highest BCUT2D eigenvalue weighted by atomic mass is 35.5. The minimum Gasteiger partial charge on any atom is -0.449 e. The zero-order valence-corrected chi connectivity index (χ0v) is 9.26. The van der Waals surface area contributed by atoms with Gasteiger partial charge in [-0.25, -0.2) is 0 Å². The van der Waals surface area contributed by atoms with Crippen molar-refractivity contribution in [2.75, 3.05) is 0 Å². The molecule has 1 aromatic rings. The van der Waals surface area contributed by atoms with E-state index < -0.39 is 5.79 Å². The van der Waals surface area contributed by atoms with Crippen molar-refractivity contribution in [1.29, 1.82) is 5.26 Å². The van der Waals surface area contributed by atoms with Gasteiger partial charge < -0.3 is 9.47 Å². The lowest BCUT2D eigenvalue weighted by atomic mass is 10.1. The summed E-state index contributed by atoms with van der Waals surface area (Å²) in [5.41, 5.74) is 0.836. The van der Waals surface area contributed by atoms with Gasteiger partial charge in [-0.05, 0) is 17.7 Å². The zero-order chi connectivity index (χ0) is 11.1. The predicted molar refractivity (Wildman–Crippen MR) is 56.1 cm³/mol. The average Bonchev–Trinajstić information content (AvgIpc) is 2.41. The Morgan fingerprint density at radius 3 is 2.80 bits per heavy atom. The van der Waals surface area contributed by atoms with Crippen LogP contribution in [-0.4, -0.2) is 5.79 Å². The molecule has 0 spiro atoms. The van der Waals surface area contributed by atoms with Crippen LogP contribution in [-0.2, 0) is 6.42 Å². The standard InChI is InChI=1S/C11H10ClNO2/c1-11(2)14-9-6-7(3-4-13)5-8(12)10(9)15-11/h5-6H,3H2,1-2H3. The fraction of sp³-hybridized carbons (Fsp3) is 0.364. The molecule has 1 aliphatic heterocycles. The molecule has 0 aliphatic carbocycles. The molecule has 0 amide bonds. The number of hydrogen-bond donors (Lipinski definition) is 0. The Morgan fingerprint density at radius 1 is 1.40 bits per heavy atom. The first-order valence-electron chi connectivity index (χ1n) is 4.59. The second kappa shape index (κ2) is 3.32. The Morgan fingerprint density at radius 2 is 2.13 bits per heavy atom. The maximum atomic E-state index is 8.60. The first kappa shape index (κ1) is 10.1. The number of hydrogen-bond acceptors (Lipinski definition) is 3. The van der Waals surface area contributed by atoms with Crippen LogP contribution in [0.3, 0.4) is 0 Å². The van der Waals surface area contributed by atoms with E-state index in [2.05, 4.69) is 6.07 Å². The van der Waals surface area contributed by atoms with Crippen molar-refractivity contribution >= 4 is 11.6 Å². The lowest BCUT2D eigenvalue weighted by molar-refractivity contribution is -0.0431. The molecule has 0 saturated heterocycles. The quantitative estimate of drug-likeness (QED) is 0.735. The molecular weight excluding hydrogens is 214 g/mol. The summed E-state index contributed by atoms with van der Waals surface area (Å²) in [6.45, 7) is 3.63. The van der Waals surface area contributed by atoms with Crippen molar-refractivity contribution in [2.45, 2.75) is 26.1 Å². The van der Waals surface area contributed by atoms with Crippen LogP contribution in [0, 0.1) is 11.3 Å². The summed E-state index contributed by atoms with van der Waals surface area (Å²) in [4.78, 5) is 0. The summed E-state index contributed by atoms with van der Waals surface area (Å²) in [6, 6.07) is 5.59. The van der Waals surface area contributed by atoms with Crippen molar-refractivity contribution in [2.24, 2.45) is 0 Å². The van der Waals surface area contributed by atoms with Gasteiger partial charge in [0.2, 0.25) is 5.79 Å². The second-order valence-electron chi connectivity index (χ2n) is 3.84. The van der Waals surface area contributed by atoms with Crippen molar-refractivity contribution in [3.63, 3.8) is 0 Å². The zero-order valence-electron chi connectivity index (χ0n) is 8.50. The van der Waals surface area contributed by atoms with Crippen LogP contribution in [0.25, 0.3) is 0 Å². The normalized spacial score (nSPS) is 16.1. The molecule has 0 atom stereocenters. The molecule has 0 radical (unpaired) electrons. The molecular formula is C11H10ClNO2. The van der Waals surface area contributed by atoms with Crippen LogP contribution in [0.15, 0.2) is 12.1 Å². The van der Waals surface area contributed by atoms with Crippen LogP contribution in [0.1, 0.15) is 19.4 Å². The Balaban J connectivity index is 2.43. The number of benzene rings is 1. The van der Waals surface area contributed by atoms with Crippen molar-refractivity contribution in [3.05, 3.63) is 22.7 Å². The molecule has 1 aromatic carbocycles. The molecule has 0 fully saturated rings. The highest BCUT2D eigenvalue weighted by Gasteiger charge is 2.33. The van der Waals surface area contributed by atoms with Gasteiger partial charge in [0.15, 0.2) is 11.5 Å². The van der Waals surface area contributed by atoms with Crippen LogP contribution in [0.2, 0.25) is 5.02 Å². The van der Waals surface area contributed by atoms with Gasteiger partial charge in [-0.3, -0.25) is 0 Å². The Kier molecular flexibility index (Phi) is 2.24. The van der Waals surface area contributed by atoms with Crippen LogP contribution in [0.5, 0.6) is 11.5 Å². The number of nitrogens with zero attached hydrogens (tertiary/aromatic N) is 1. The lowest BCUT2D eigenvalue weighted by Gasteiger charge is -2.16. The minimum absolute atomic E-state index is 0.316. The summed E-state index contributed by atoms with van der Waals surface area (Å²) in [6.07, 6.45) is 0.316. The van der Waals surface area contributed by atoms with Crippen LogP contribution < -0.4 is 9.47 Å². The maximum absolute atomic E-state index is 8.60. The van der Waals surface area contributed by atoms with E-state index in [0.29, 0.717) is 22.9 Å². The van der Waals surface area contributed by atoms with Gasteiger partial charge in [0.25, 0.3) is 0 Å². The van der Waals surface area contributed by atoms with Crippen molar-refractivity contribution < 1.29 is 9.47 Å².